The summed E-state index contributed by atoms with van der Waals surface area (Å²) in [4.78, 5) is 0.185. The van der Waals surface area contributed by atoms with E-state index in [1.165, 1.54) is 6.07 Å². The molecular weight excluding hydrogens is 376 g/mol. The molecule has 0 aliphatic rings. The van der Waals surface area contributed by atoms with Gasteiger partial charge >= 0.3 is 0 Å². The van der Waals surface area contributed by atoms with Crippen molar-refractivity contribution in [1.29, 1.82) is 0 Å². The largest absolute Gasteiger partial charge is 0.497 e. The maximum Gasteiger partial charge on any atom is 0.261 e. The van der Waals surface area contributed by atoms with Gasteiger partial charge in [-0.15, -0.1) is 0 Å². The second-order valence-corrected chi connectivity index (χ2v) is 7.85. The van der Waals surface area contributed by atoms with Gasteiger partial charge in [0.05, 0.1) is 19.1 Å². The average molecular weight is 398 g/mol. The molecule has 0 amide bonds. The van der Waals surface area contributed by atoms with Gasteiger partial charge in [0.2, 0.25) is 0 Å². The molecule has 0 fully saturated rings. The molecule has 2 N–H and O–H groups in total. The van der Waals surface area contributed by atoms with Gasteiger partial charge in [0.25, 0.3) is 10.0 Å². The lowest BCUT2D eigenvalue weighted by molar-refractivity contribution is 0.411. The van der Waals surface area contributed by atoms with Crippen molar-refractivity contribution in [2.75, 3.05) is 24.3 Å². The summed E-state index contributed by atoms with van der Waals surface area (Å²) in [6.07, 6.45) is 0. The van der Waals surface area contributed by atoms with Gasteiger partial charge in [-0.25, -0.2) is 8.42 Å². The third kappa shape index (κ3) is 4.55. The van der Waals surface area contributed by atoms with Crippen molar-refractivity contribution < 1.29 is 17.9 Å². The summed E-state index contributed by atoms with van der Waals surface area (Å²) in [5.41, 5.74) is 2.94. The van der Waals surface area contributed by atoms with Crippen LogP contribution in [0.1, 0.15) is 5.56 Å². The number of hydrogen-bond acceptors (Lipinski definition) is 5. The molecule has 0 saturated carbocycles. The summed E-state index contributed by atoms with van der Waals surface area (Å²) in [6.45, 7) is 1.80. The van der Waals surface area contributed by atoms with Crippen molar-refractivity contribution in [1.82, 2.24) is 0 Å². The molecule has 0 atom stereocenters. The Hall–Kier alpha value is -3.19. The first kappa shape index (κ1) is 19.6. The summed E-state index contributed by atoms with van der Waals surface area (Å²) in [7, 11) is -0.517. The van der Waals surface area contributed by atoms with Crippen LogP contribution in [0, 0.1) is 6.92 Å². The molecule has 0 aliphatic carbocycles. The predicted molar refractivity (Wildman–Crippen MR) is 111 cm³/mol. The molecule has 0 bridgehead atoms. The monoisotopic (exact) mass is 398 g/mol. The van der Waals surface area contributed by atoms with Gasteiger partial charge in [-0.1, -0.05) is 6.07 Å². The van der Waals surface area contributed by atoms with Gasteiger partial charge < -0.3 is 14.8 Å². The first-order valence-electron chi connectivity index (χ1n) is 8.60. The molecule has 0 heterocycles. The zero-order valence-corrected chi connectivity index (χ0v) is 16.7. The normalized spacial score (nSPS) is 11.0. The number of hydrogen-bond donors (Lipinski definition) is 2. The Morgan fingerprint density at radius 1 is 0.786 bits per heavy atom. The molecule has 7 heteroatoms. The fourth-order valence-corrected chi connectivity index (χ4v) is 3.86. The molecule has 28 heavy (non-hydrogen) atoms. The second kappa shape index (κ2) is 8.22. The number of anilines is 3. The number of sulfonamides is 1. The average Bonchev–Trinajstić information content (AvgIpc) is 2.69. The SMILES string of the molecule is COc1cccc(Nc2ccc(NS(=O)(=O)c3ccc(OC)c(C)c3)cc2)c1. The van der Waals surface area contributed by atoms with Gasteiger partial charge in [0, 0.05) is 23.1 Å². The molecule has 3 rings (SSSR count). The number of ether oxygens (including phenoxy) is 2. The standard InChI is InChI=1S/C21H22N2O4S/c1-15-13-20(11-12-21(15)27-3)28(24,25)23-17-9-7-16(8-10-17)22-18-5-4-6-19(14-18)26-2/h4-14,22-23H,1-3H3. The smallest absolute Gasteiger partial charge is 0.261 e. The third-order valence-electron chi connectivity index (χ3n) is 4.17. The molecule has 0 spiro atoms. The van der Waals surface area contributed by atoms with Gasteiger partial charge in [0.1, 0.15) is 11.5 Å². The van der Waals surface area contributed by atoms with E-state index in [9.17, 15) is 8.42 Å². The minimum Gasteiger partial charge on any atom is -0.497 e. The molecule has 3 aromatic rings. The first-order chi connectivity index (χ1) is 13.4. The van der Waals surface area contributed by atoms with Crippen LogP contribution in [-0.2, 0) is 10.0 Å². The fourth-order valence-electron chi connectivity index (χ4n) is 2.72. The van der Waals surface area contributed by atoms with Gasteiger partial charge in [-0.3, -0.25) is 4.72 Å². The van der Waals surface area contributed by atoms with Crippen molar-refractivity contribution in [2.45, 2.75) is 11.8 Å². The Morgan fingerprint density at radius 3 is 2.14 bits per heavy atom. The number of aryl methyl sites for hydroxylation is 1. The summed E-state index contributed by atoms with van der Waals surface area (Å²) >= 11 is 0. The van der Waals surface area contributed by atoms with E-state index in [0.717, 1.165) is 22.7 Å². The highest BCUT2D eigenvalue weighted by Crippen LogP contribution is 2.25. The number of methoxy groups -OCH3 is 2. The first-order valence-corrected chi connectivity index (χ1v) is 10.1. The number of nitrogens with one attached hydrogen (secondary N) is 2. The quantitative estimate of drug-likeness (QED) is 0.610. The minimum atomic E-state index is -3.68. The van der Waals surface area contributed by atoms with E-state index in [-0.39, 0.29) is 4.90 Å². The molecule has 3 aromatic carbocycles. The summed E-state index contributed by atoms with van der Waals surface area (Å²) in [6, 6.07) is 19.3. The van der Waals surface area contributed by atoms with E-state index in [4.69, 9.17) is 9.47 Å². The van der Waals surface area contributed by atoms with Crippen molar-refractivity contribution >= 4 is 27.1 Å². The Labute approximate surface area is 165 Å². The Balaban J connectivity index is 1.73. The topological polar surface area (TPSA) is 76.7 Å². The number of rotatable bonds is 7. The van der Waals surface area contributed by atoms with Gasteiger partial charge in [0.15, 0.2) is 0 Å². The lowest BCUT2D eigenvalue weighted by Crippen LogP contribution is -2.13. The summed E-state index contributed by atoms with van der Waals surface area (Å²) < 4.78 is 38.2. The summed E-state index contributed by atoms with van der Waals surface area (Å²) in [5.74, 6) is 1.40. The number of benzene rings is 3. The second-order valence-electron chi connectivity index (χ2n) is 6.17. The van der Waals surface area contributed by atoms with E-state index < -0.39 is 10.0 Å². The van der Waals surface area contributed by atoms with Crippen LogP contribution < -0.4 is 19.5 Å². The van der Waals surface area contributed by atoms with E-state index in [2.05, 4.69) is 10.0 Å². The molecular formula is C21H22N2O4S. The Morgan fingerprint density at radius 2 is 1.50 bits per heavy atom. The molecule has 6 nitrogen and oxygen atoms in total. The van der Waals surface area contributed by atoms with E-state index in [1.54, 1.807) is 57.5 Å². The van der Waals surface area contributed by atoms with Gasteiger partial charge in [-0.2, -0.15) is 0 Å². The van der Waals surface area contributed by atoms with Crippen molar-refractivity contribution in [2.24, 2.45) is 0 Å². The molecule has 0 saturated heterocycles. The van der Waals surface area contributed by atoms with Crippen LogP contribution in [0.15, 0.2) is 71.6 Å². The highest BCUT2D eigenvalue weighted by molar-refractivity contribution is 7.92. The fraction of sp³-hybridized carbons (Fsp3) is 0.143. The van der Waals surface area contributed by atoms with Crippen LogP contribution in [0.2, 0.25) is 0 Å². The van der Waals surface area contributed by atoms with Crippen LogP contribution in [0.4, 0.5) is 17.1 Å². The zero-order chi connectivity index (χ0) is 20.1. The van der Waals surface area contributed by atoms with Gasteiger partial charge in [-0.05, 0) is 67.1 Å². The van der Waals surface area contributed by atoms with Crippen molar-refractivity contribution in [3.63, 3.8) is 0 Å². The maximum atomic E-state index is 12.6. The van der Waals surface area contributed by atoms with Crippen LogP contribution in [0.3, 0.4) is 0 Å². The van der Waals surface area contributed by atoms with Crippen LogP contribution in [0.25, 0.3) is 0 Å². The van der Waals surface area contributed by atoms with E-state index in [0.29, 0.717) is 11.4 Å². The predicted octanol–water partition coefficient (Wildman–Crippen LogP) is 4.56. The van der Waals surface area contributed by atoms with Crippen LogP contribution in [0.5, 0.6) is 11.5 Å². The van der Waals surface area contributed by atoms with E-state index >= 15 is 0 Å². The van der Waals surface area contributed by atoms with Crippen LogP contribution in [-0.4, -0.2) is 22.6 Å². The Kier molecular flexibility index (Phi) is 5.75. The van der Waals surface area contributed by atoms with Crippen molar-refractivity contribution in [3.8, 4) is 11.5 Å². The van der Waals surface area contributed by atoms with Crippen LogP contribution >= 0.6 is 0 Å². The minimum absolute atomic E-state index is 0.185. The van der Waals surface area contributed by atoms with Crippen molar-refractivity contribution in [3.05, 3.63) is 72.3 Å². The lowest BCUT2D eigenvalue weighted by atomic mass is 10.2. The highest BCUT2D eigenvalue weighted by atomic mass is 32.2. The molecule has 0 unspecified atom stereocenters. The summed E-state index contributed by atoms with van der Waals surface area (Å²) in [5, 5.41) is 3.25. The lowest BCUT2D eigenvalue weighted by Gasteiger charge is -2.12. The zero-order valence-electron chi connectivity index (χ0n) is 15.9. The molecule has 0 radical (unpaired) electrons. The molecule has 0 aliphatic heterocycles. The Bertz CT molecular complexity index is 1060. The molecule has 146 valence electrons. The van der Waals surface area contributed by atoms with E-state index in [1.807, 2.05) is 24.3 Å². The maximum absolute atomic E-state index is 12.6. The molecule has 0 aromatic heterocycles. The highest BCUT2D eigenvalue weighted by Gasteiger charge is 2.15. The third-order valence-corrected chi connectivity index (χ3v) is 5.55.